The average molecular weight is 307 g/mol. The number of hydrogen-bond donors (Lipinski definition) is 2. The van der Waals surface area contributed by atoms with Crippen molar-refractivity contribution in [1.82, 2.24) is 4.98 Å². The predicted octanol–water partition coefficient (Wildman–Crippen LogP) is 2.79. The lowest BCUT2D eigenvalue weighted by Crippen LogP contribution is -2.32. The van der Waals surface area contributed by atoms with E-state index < -0.39 is 5.97 Å². The third-order valence-electron chi connectivity index (χ3n) is 3.41. The van der Waals surface area contributed by atoms with E-state index in [0.717, 1.165) is 24.2 Å². The van der Waals surface area contributed by atoms with Gasteiger partial charge in [0.25, 0.3) is 0 Å². The molecule has 0 amide bonds. The van der Waals surface area contributed by atoms with Gasteiger partial charge >= 0.3 is 5.97 Å². The number of carbonyl (C=O) groups excluding carboxylic acids is 1. The number of methoxy groups -OCH3 is 1. The molecule has 1 rings (SSSR count). The Bertz CT molecular complexity index is 424. The molecular weight excluding hydrogens is 288 g/mol. The normalized spacial score (nSPS) is 11.4. The molecule has 0 saturated carbocycles. The van der Waals surface area contributed by atoms with Crippen molar-refractivity contribution in [3.8, 4) is 0 Å². The van der Waals surface area contributed by atoms with E-state index in [1.54, 1.807) is 0 Å². The molecule has 7 heteroatoms. The van der Waals surface area contributed by atoms with Gasteiger partial charge in [0.15, 0.2) is 15.2 Å². The number of halogens is 1. The van der Waals surface area contributed by atoms with E-state index in [2.05, 4.69) is 15.0 Å². The van der Waals surface area contributed by atoms with Gasteiger partial charge in [-0.05, 0) is 12.8 Å². The van der Waals surface area contributed by atoms with Gasteiger partial charge < -0.3 is 15.2 Å². The van der Waals surface area contributed by atoms with Gasteiger partial charge in [-0.1, -0.05) is 36.8 Å². The highest BCUT2D eigenvalue weighted by atomic mass is 35.5. The minimum Gasteiger partial charge on any atom is -0.465 e. The van der Waals surface area contributed by atoms with E-state index in [4.69, 9.17) is 11.6 Å². The van der Waals surface area contributed by atoms with Gasteiger partial charge in [0.1, 0.15) is 0 Å². The molecule has 0 bridgehead atoms. The molecule has 0 aliphatic carbocycles. The van der Waals surface area contributed by atoms with Crippen molar-refractivity contribution in [3.63, 3.8) is 0 Å². The minimum atomic E-state index is -0.491. The first-order chi connectivity index (χ1) is 9.01. The molecule has 0 aliphatic heterocycles. The number of thiazole rings is 1. The van der Waals surface area contributed by atoms with Crippen LogP contribution in [0.4, 0.5) is 5.13 Å². The van der Waals surface area contributed by atoms with Crippen molar-refractivity contribution < 1.29 is 14.6 Å². The van der Waals surface area contributed by atoms with Gasteiger partial charge in [0.2, 0.25) is 0 Å². The Balaban J connectivity index is 2.76. The lowest BCUT2D eigenvalue weighted by molar-refractivity contribution is 0.0606. The summed E-state index contributed by atoms with van der Waals surface area (Å²) in [6.07, 6.45) is 1.71. The van der Waals surface area contributed by atoms with Gasteiger partial charge in [-0.25, -0.2) is 9.78 Å². The highest BCUT2D eigenvalue weighted by Gasteiger charge is 2.26. The summed E-state index contributed by atoms with van der Waals surface area (Å²) in [5.41, 5.74) is -0.177. The highest BCUT2D eigenvalue weighted by Crippen LogP contribution is 2.30. The van der Waals surface area contributed by atoms with Crippen molar-refractivity contribution in [2.45, 2.75) is 26.7 Å². The number of aliphatic hydroxyl groups is 1. The molecule has 1 aromatic heterocycles. The molecule has 108 valence electrons. The first-order valence-electron chi connectivity index (χ1n) is 6.11. The molecule has 2 N–H and O–H groups in total. The molecule has 1 aromatic rings. The zero-order valence-corrected chi connectivity index (χ0v) is 12.9. The smallest absolute Gasteiger partial charge is 0.351 e. The van der Waals surface area contributed by atoms with E-state index in [-0.39, 0.29) is 22.1 Å². The number of ether oxygens (including phenoxy) is 1. The SMILES string of the molecule is CCC(CC)(CO)CNc1nc(Cl)c(C(=O)OC)s1. The van der Waals surface area contributed by atoms with Crippen LogP contribution in [0.15, 0.2) is 0 Å². The van der Waals surface area contributed by atoms with Crippen LogP contribution in [0.1, 0.15) is 36.4 Å². The molecule has 0 atom stereocenters. The lowest BCUT2D eigenvalue weighted by Gasteiger charge is -2.29. The summed E-state index contributed by atoms with van der Waals surface area (Å²) in [6, 6.07) is 0. The molecule has 0 spiro atoms. The molecule has 5 nitrogen and oxygen atoms in total. The fourth-order valence-corrected chi connectivity index (χ4v) is 2.74. The molecule has 0 aliphatic rings. The Labute approximate surface area is 121 Å². The van der Waals surface area contributed by atoms with Crippen LogP contribution in [0.3, 0.4) is 0 Å². The van der Waals surface area contributed by atoms with Gasteiger partial charge in [-0.15, -0.1) is 0 Å². The van der Waals surface area contributed by atoms with Crippen molar-refractivity contribution >= 4 is 34.0 Å². The average Bonchev–Trinajstić information content (AvgIpc) is 2.81. The number of rotatable bonds is 7. The third kappa shape index (κ3) is 3.81. The highest BCUT2D eigenvalue weighted by molar-refractivity contribution is 7.18. The lowest BCUT2D eigenvalue weighted by atomic mass is 9.83. The molecule has 0 saturated heterocycles. The minimum absolute atomic E-state index is 0.107. The van der Waals surface area contributed by atoms with E-state index in [1.807, 2.05) is 13.8 Å². The number of anilines is 1. The second-order valence-corrected chi connectivity index (χ2v) is 5.71. The topological polar surface area (TPSA) is 71.5 Å². The monoisotopic (exact) mass is 306 g/mol. The quantitative estimate of drug-likeness (QED) is 0.758. The second-order valence-electron chi connectivity index (χ2n) is 4.35. The fraction of sp³-hybridized carbons (Fsp3) is 0.667. The van der Waals surface area contributed by atoms with Crippen LogP contribution < -0.4 is 5.32 Å². The van der Waals surface area contributed by atoms with Gasteiger partial charge in [0.05, 0.1) is 13.7 Å². The molecule has 0 unspecified atom stereocenters. The number of nitrogens with zero attached hydrogens (tertiary/aromatic N) is 1. The largest absolute Gasteiger partial charge is 0.465 e. The molecule has 1 heterocycles. The molecule has 0 aromatic carbocycles. The van der Waals surface area contributed by atoms with Crippen LogP contribution in [-0.2, 0) is 4.74 Å². The van der Waals surface area contributed by atoms with Gasteiger partial charge in [-0.3, -0.25) is 0 Å². The van der Waals surface area contributed by atoms with Crippen LogP contribution in [0.5, 0.6) is 0 Å². The number of esters is 1. The Kier molecular flexibility index (Phi) is 6.03. The first-order valence-corrected chi connectivity index (χ1v) is 7.30. The van der Waals surface area contributed by atoms with E-state index >= 15 is 0 Å². The summed E-state index contributed by atoms with van der Waals surface area (Å²) >= 11 is 7.03. The van der Waals surface area contributed by atoms with Crippen LogP contribution >= 0.6 is 22.9 Å². The predicted molar refractivity (Wildman–Crippen MR) is 77.1 cm³/mol. The summed E-state index contributed by atoms with van der Waals surface area (Å²) in [6.45, 7) is 4.77. The summed E-state index contributed by atoms with van der Waals surface area (Å²) in [7, 11) is 1.30. The van der Waals surface area contributed by atoms with Crippen LogP contribution in [-0.4, -0.2) is 36.3 Å². The number of hydrogen-bond acceptors (Lipinski definition) is 6. The molecular formula is C12H19ClN2O3S. The van der Waals surface area contributed by atoms with Crippen molar-refractivity contribution in [1.29, 1.82) is 0 Å². The number of carbonyl (C=O) groups is 1. The second kappa shape index (κ2) is 7.07. The zero-order valence-electron chi connectivity index (χ0n) is 11.3. The van der Waals surface area contributed by atoms with Crippen molar-refractivity contribution in [2.24, 2.45) is 5.41 Å². The molecule has 19 heavy (non-hydrogen) atoms. The summed E-state index contributed by atoms with van der Waals surface area (Å²) in [4.78, 5) is 15.8. The Morgan fingerprint density at radius 1 is 1.53 bits per heavy atom. The van der Waals surface area contributed by atoms with E-state index in [9.17, 15) is 9.90 Å². The van der Waals surface area contributed by atoms with Gasteiger partial charge in [-0.2, -0.15) is 0 Å². The third-order valence-corrected chi connectivity index (χ3v) is 4.79. The number of aromatic nitrogens is 1. The first kappa shape index (κ1) is 16.2. The van der Waals surface area contributed by atoms with E-state index in [1.165, 1.54) is 7.11 Å². The Morgan fingerprint density at radius 2 is 2.16 bits per heavy atom. The molecule has 0 fully saturated rings. The van der Waals surface area contributed by atoms with Crippen molar-refractivity contribution in [3.05, 3.63) is 10.0 Å². The van der Waals surface area contributed by atoms with Crippen LogP contribution in [0.2, 0.25) is 5.15 Å². The Morgan fingerprint density at radius 3 is 2.63 bits per heavy atom. The fourth-order valence-electron chi connectivity index (χ4n) is 1.64. The Hall–Kier alpha value is -0.850. The standard InChI is InChI=1S/C12H19ClN2O3S/c1-4-12(5-2,7-16)6-14-11-15-9(13)8(19-11)10(17)18-3/h16H,4-7H2,1-3H3,(H,14,15). The number of aliphatic hydroxyl groups excluding tert-OH is 1. The summed E-state index contributed by atoms with van der Waals surface area (Å²) in [5, 5.41) is 13.3. The van der Waals surface area contributed by atoms with Crippen LogP contribution in [0.25, 0.3) is 0 Å². The maximum atomic E-state index is 11.4. The number of nitrogens with one attached hydrogen (secondary N) is 1. The summed E-state index contributed by atoms with van der Waals surface area (Å²) < 4.78 is 4.62. The van der Waals surface area contributed by atoms with Gasteiger partial charge in [0, 0.05) is 12.0 Å². The maximum absolute atomic E-state index is 11.4. The van der Waals surface area contributed by atoms with Crippen molar-refractivity contribution in [2.75, 3.05) is 25.6 Å². The zero-order chi connectivity index (χ0) is 14.5. The van der Waals surface area contributed by atoms with Crippen LogP contribution in [0, 0.1) is 5.41 Å². The maximum Gasteiger partial charge on any atom is 0.351 e. The van der Waals surface area contributed by atoms with E-state index in [0.29, 0.717) is 11.7 Å². The molecule has 0 radical (unpaired) electrons. The summed E-state index contributed by atoms with van der Waals surface area (Å²) in [5.74, 6) is -0.491.